The molecule has 1 saturated carbocycles. The van der Waals surface area contributed by atoms with Gasteiger partial charge in [-0.3, -0.25) is 4.79 Å². The molecule has 0 saturated heterocycles. The lowest BCUT2D eigenvalue weighted by atomic mass is 9.82. The van der Waals surface area contributed by atoms with Crippen LogP contribution in [0.25, 0.3) is 0 Å². The van der Waals surface area contributed by atoms with Crippen molar-refractivity contribution in [2.24, 2.45) is 5.41 Å². The highest BCUT2D eigenvalue weighted by molar-refractivity contribution is 9.09. The Kier molecular flexibility index (Phi) is 4.42. The molecule has 0 aliphatic heterocycles. The maximum atomic E-state index is 12.0. The molecule has 1 atom stereocenters. The Bertz CT molecular complexity index is 199. The number of nitrogens with one attached hydrogen (secondary N) is 1. The van der Waals surface area contributed by atoms with E-state index in [-0.39, 0.29) is 17.4 Å². The van der Waals surface area contributed by atoms with Crippen LogP contribution in [0.3, 0.4) is 0 Å². The largest absolute Gasteiger partial charge is 0.352 e. The Morgan fingerprint density at radius 2 is 2.07 bits per heavy atom. The van der Waals surface area contributed by atoms with Crippen LogP contribution in [-0.2, 0) is 4.79 Å². The van der Waals surface area contributed by atoms with E-state index in [2.05, 4.69) is 28.2 Å². The third-order valence-electron chi connectivity index (χ3n) is 3.33. The van der Waals surface area contributed by atoms with Gasteiger partial charge in [0, 0.05) is 16.8 Å². The lowest BCUT2D eigenvalue weighted by Gasteiger charge is -2.27. The molecule has 0 aromatic rings. The lowest BCUT2D eigenvalue weighted by molar-refractivity contribution is -0.131. The molecule has 1 amide bonds. The van der Waals surface area contributed by atoms with E-state index in [1.165, 1.54) is 12.8 Å². The van der Waals surface area contributed by atoms with Crippen LogP contribution in [0.15, 0.2) is 0 Å². The van der Waals surface area contributed by atoms with E-state index in [0.717, 1.165) is 24.6 Å². The highest BCUT2D eigenvalue weighted by Gasteiger charge is 2.39. The van der Waals surface area contributed by atoms with Crippen LogP contribution in [0, 0.1) is 5.41 Å². The van der Waals surface area contributed by atoms with Crippen molar-refractivity contribution in [2.45, 2.75) is 52.0 Å². The highest BCUT2D eigenvalue weighted by Crippen LogP contribution is 2.41. The quantitative estimate of drug-likeness (QED) is 0.775. The molecule has 1 N–H and O–H groups in total. The molecular formula is C11H20BrNO. The minimum Gasteiger partial charge on any atom is -0.352 e. The number of carbonyl (C=O) groups is 1. The van der Waals surface area contributed by atoms with Crippen LogP contribution in [0.4, 0.5) is 0 Å². The average molecular weight is 262 g/mol. The molecule has 0 spiro atoms. The van der Waals surface area contributed by atoms with Crippen molar-refractivity contribution in [3.63, 3.8) is 0 Å². The average Bonchev–Trinajstić information content (AvgIpc) is 2.67. The Labute approximate surface area is 95.0 Å². The fraction of sp³-hybridized carbons (Fsp3) is 0.909. The molecule has 0 aromatic heterocycles. The van der Waals surface area contributed by atoms with Gasteiger partial charge in [-0.1, -0.05) is 35.7 Å². The van der Waals surface area contributed by atoms with Gasteiger partial charge in [-0.2, -0.15) is 0 Å². The van der Waals surface area contributed by atoms with Crippen molar-refractivity contribution in [3.8, 4) is 0 Å². The van der Waals surface area contributed by atoms with Crippen molar-refractivity contribution in [1.82, 2.24) is 5.32 Å². The fourth-order valence-electron chi connectivity index (χ4n) is 2.21. The van der Waals surface area contributed by atoms with E-state index in [4.69, 9.17) is 0 Å². The number of carbonyl (C=O) groups excluding carboxylic acids is 1. The van der Waals surface area contributed by atoms with E-state index >= 15 is 0 Å². The van der Waals surface area contributed by atoms with E-state index in [1.54, 1.807) is 0 Å². The Morgan fingerprint density at radius 3 is 2.50 bits per heavy atom. The third-order valence-corrected chi connectivity index (χ3v) is 4.30. The number of hydrogen-bond donors (Lipinski definition) is 1. The first-order chi connectivity index (χ1) is 6.64. The van der Waals surface area contributed by atoms with Crippen LogP contribution >= 0.6 is 15.9 Å². The summed E-state index contributed by atoms with van der Waals surface area (Å²) >= 11 is 3.38. The normalized spacial score (nSPS) is 21.9. The zero-order valence-corrected chi connectivity index (χ0v) is 10.7. The van der Waals surface area contributed by atoms with Crippen molar-refractivity contribution < 1.29 is 4.79 Å². The monoisotopic (exact) mass is 261 g/mol. The molecule has 2 nitrogen and oxygen atoms in total. The fourth-order valence-corrected chi connectivity index (χ4v) is 2.37. The van der Waals surface area contributed by atoms with E-state index < -0.39 is 0 Å². The highest BCUT2D eigenvalue weighted by atomic mass is 79.9. The first-order valence-corrected chi connectivity index (χ1v) is 6.63. The van der Waals surface area contributed by atoms with Gasteiger partial charge in [0.2, 0.25) is 5.91 Å². The molecule has 1 unspecified atom stereocenters. The lowest BCUT2D eigenvalue weighted by Crippen LogP contribution is -2.43. The summed E-state index contributed by atoms with van der Waals surface area (Å²) in [5.74, 6) is 0.268. The number of hydrogen-bond acceptors (Lipinski definition) is 1. The van der Waals surface area contributed by atoms with Gasteiger partial charge in [0.25, 0.3) is 0 Å². The van der Waals surface area contributed by atoms with Gasteiger partial charge in [0.15, 0.2) is 0 Å². The first-order valence-electron chi connectivity index (χ1n) is 5.51. The summed E-state index contributed by atoms with van der Waals surface area (Å²) in [4.78, 5) is 12.0. The second-order valence-electron chi connectivity index (χ2n) is 4.37. The van der Waals surface area contributed by atoms with Crippen LogP contribution in [0.1, 0.15) is 46.0 Å². The van der Waals surface area contributed by atoms with E-state index in [0.29, 0.717) is 0 Å². The molecule has 14 heavy (non-hydrogen) atoms. The van der Waals surface area contributed by atoms with Crippen LogP contribution < -0.4 is 5.32 Å². The smallest absolute Gasteiger partial charge is 0.226 e. The molecule has 1 rings (SSSR count). The Morgan fingerprint density at radius 1 is 1.50 bits per heavy atom. The maximum Gasteiger partial charge on any atom is 0.226 e. The van der Waals surface area contributed by atoms with Crippen LogP contribution in [0.2, 0.25) is 0 Å². The summed E-state index contributed by atoms with van der Waals surface area (Å²) in [6.07, 6.45) is 5.55. The summed E-state index contributed by atoms with van der Waals surface area (Å²) in [5, 5.41) is 3.91. The molecule has 0 heterocycles. The van der Waals surface area contributed by atoms with Gasteiger partial charge in [-0.05, 0) is 26.2 Å². The van der Waals surface area contributed by atoms with Gasteiger partial charge >= 0.3 is 0 Å². The third kappa shape index (κ3) is 2.50. The van der Waals surface area contributed by atoms with Gasteiger partial charge in [0.1, 0.15) is 0 Å². The maximum absolute atomic E-state index is 12.0. The standard InChI is InChI=1S/C11H20BrNO/c1-3-11(6-4-5-7-11)10(14)13-9(2)8-12/h9H,3-8H2,1-2H3,(H,13,14). The zero-order chi connectivity index (χ0) is 10.6. The number of alkyl halides is 1. The summed E-state index contributed by atoms with van der Waals surface area (Å²) in [6, 6.07) is 0.242. The molecule has 0 radical (unpaired) electrons. The number of halogens is 1. The summed E-state index contributed by atoms with van der Waals surface area (Å²) < 4.78 is 0. The summed E-state index contributed by atoms with van der Waals surface area (Å²) in [5.41, 5.74) is -0.0452. The SMILES string of the molecule is CCC1(C(=O)NC(C)CBr)CCCC1. The summed E-state index contributed by atoms with van der Waals surface area (Å²) in [7, 11) is 0. The Hall–Kier alpha value is -0.0500. The molecule has 0 bridgehead atoms. The molecular weight excluding hydrogens is 242 g/mol. The minimum atomic E-state index is -0.0452. The topological polar surface area (TPSA) is 29.1 Å². The Balaban J connectivity index is 2.56. The predicted molar refractivity (Wildman–Crippen MR) is 62.6 cm³/mol. The predicted octanol–water partition coefficient (Wildman–Crippen LogP) is 2.86. The molecule has 1 fully saturated rings. The van der Waals surface area contributed by atoms with Crippen LogP contribution in [0.5, 0.6) is 0 Å². The van der Waals surface area contributed by atoms with Gasteiger partial charge in [-0.25, -0.2) is 0 Å². The second-order valence-corrected chi connectivity index (χ2v) is 5.02. The molecule has 3 heteroatoms. The van der Waals surface area contributed by atoms with Crippen molar-refractivity contribution in [1.29, 1.82) is 0 Å². The van der Waals surface area contributed by atoms with Crippen molar-refractivity contribution in [3.05, 3.63) is 0 Å². The van der Waals surface area contributed by atoms with Crippen molar-refractivity contribution in [2.75, 3.05) is 5.33 Å². The first kappa shape index (κ1) is 12.0. The van der Waals surface area contributed by atoms with Crippen molar-refractivity contribution >= 4 is 21.8 Å². The van der Waals surface area contributed by atoms with Gasteiger partial charge in [-0.15, -0.1) is 0 Å². The van der Waals surface area contributed by atoms with Gasteiger partial charge < -0.3 is 5.32 Å². The molecule has 1 aliphatic rings. The molecule has 1 aliphatic carbocycles. The van der Waals surface area contributed by atoms with Gasteiger partial charge in [0.05, 0.1) is 0 Å². The number of rotatable bonds is 4. The zero-order valence-electron chi connectivity index (χ0n) is 9.11. The van der Waals surface area contributed by atoms with E-state index in [1.807, 2.05) is 6.92 Å². The molecule has 82 valence electrons. The number of amides is 1. The minimum absolute atomic E-state index is 0.0452. The second kappa shape index (κ2) is 5.15. The molecule has 0 aromatic carbocycles. The van der Waals surface area contributed by atoms with Crippen LogP contribution in [-0.4, -0.2) is 17.3 Å². The summed E-state index contributed by atoms with van der Waals surface area (Å²) in [6.45, 7) is 4.16. The van der Waals surface area contributed by atoms with E-state index in [9.17, 15) is 4.79 Å².